The molecular weight excluding hydrogens is 330 g/mol. The zero-order valence-electron chi connectivity index (χ0n) is 12.5. The Labute approximate surface area is 143 Å². The van der Waals surface area contributed by atoms with Crippen LogP contribution >= 0.6 is 22.9 Å². The van der Waals surface area contributed by atoms with Crippen molar-refractivity contribution in [2.45, 2.75) is 0 Å². The lowest BCUT2D eigenvalue weighted by atomic mass is 10.2. The van der Waals surface area contributed by atoms with Crippen molar-refractivity contribution in [1.29, 1.82) is 0 Å². The van der Waals surface area contributed by atoms with Crippen LogP contribution < -0.4 is 4.90 Å². The number of piperazine rings is 1. The monoisotopic (exact) mass is 345 g/mol. The Bertz CT molecular complexity index is 820. The van der Waals surface area contributed by atoms with Crippen LogP contribution in [0.25, 0.3) is 10.2 Å². The molecule has 3 aromatic rings. The van der Waals surface area contributed by atoms with E-state index >= 15 is 0 Å². The molecule has 4 rings (SSSR count). The molecule has 1 saturated heterocycles. The Hall–Kier alpha value is -1.98. The number of aromatic nitrogens is 1. The molecule has 6 heteroatoms. The number of rotatable bonds is 2. The van der Waals surface area contributed by atoms with Crippen molar-refractivity contribution in [3.05, 3.63) is 52.5 Å². The van der Waals surface area contributed by atoms with Gasteiger partial charge in [-0.05, 0) is 35.7 Å². The molecule has 118 valence electrons. The molecule has 0 radical (unpaired) electrons. The number of hydrogen-bond acceptors (Lipinski definition) is 3. The van der Waals surface area contributed by atoms with Gasteiger partial charge >= 0.3 is 0 Å². The summed E-state index contributed by atoms with van der Waals surface area (Å²) >= 11 is 7.71. The smallest absolute Gasteiger partial charge is 0.270 e. The minimum atomic E-state index is 0.0825. The summed E-state index contributed by atoms with van der Waals surface area (Å²) in [6.07, 6.45) is 0. The summed E-state index contributed by atoms with van der Waals surface area (Å²) in [4.78, 5) is 20.0. The van der Waals surface area contributed by atoms with Crippen molar-refractivity contribution in [3.8, 4) is 0 Å². The number of benzene rings is 1. The molecule has 3 heterocycles. The van der Waals surface area contributed by atoms with Crippen LogP contribution in [0.4, 0.5) is 5.69 Å². The molecule has 0 saturated carbocycles. The zero-order chi connectivity index (χ0) is 15.8. The van der Waals surface area contributed by atoms with Crippen LogP contribution in [0.15, 0.2) is 41.8 Å². The Morgan fingerprint density at radius 3 is 2.70 bits per heavy atom. The van der Waals surface area contributed by atoms with E-state index in [4.69, 9.17) is 11.6 Å². The summed E-state index contributed by atoms with van der Waals surface area (Å²) in [6.45, 7) is 3.08. The average molecular weight is 346 g/mol. The zero-order valence-corrected chi connectivity index (χ0v) is 14.0. The molecular formula is C17H16ClN3OS. The van der Waals surface area contributed by atoms with E-state index in [1.807, 2.05) is 40.6 Å². The van der Waals surface area contributed by atoms with Gasteiger partial charge in [0.25, 0.3) is 5.91 Å². The summed E-state index contributed by atoms with van der Waals surface area (Å²) in [6, 6.07) is 11.8. The van der Waals surface area contributed by atoms with Gasteiger partial charge in [-0.2, -0.15) is 0 Å². The maximum atomic E-state index is 12.6. The maximum Gasteiger partial charge on any atom is 0.270 e. The molecule has 1 aliphatic rings. The number of carbonyl (C=O) groups is 1. The highest BCUT2D eigenvalue weighted by Gasteiger charge is 2.23. The second-order valence-electron chi connectivity index (χ2n) is 5.64. The fourth-order valence-corrected chi connectivity index (χ4v) is 3.94. The molecule has 1 fully saturated rings. The third-order valence-corrected chi connectivity index (χ3v) is 5.31. The minimum absolute atomic E-state index is 0.0825. The number of hydrogen-bond donors (Lipinski definition) is 1. The third-order valence-electron chi connectivity index (χ3n) is 4.21. The first-order valence-corrected chi connectivity index (χ1v) is 8.82. The van der Waals surface area contributed by atoms with E-state index in [1.54, 1.807) is 11.3 Å². The summed E-state index contributed by atoms with van der Waals surface area (Å²) in [7, 11) is 0. The molecule has 1 aromatic carbocycles. The number of anilines is 1. The van der Waals surface area contributed by atoms with E-state index in [0.717, 1.165) is 47.1 Å². The molecule has 0 unspecified atom stereocenters. The number of aromatic amines is 1. The van der Waals surface area contributed by atoms with Gasteiger partial charge in [0.2, 0.25) is 0 Å². The van der Waals surface area contributed by atoms with Gasteiger partial charge in [-0.1, -0.05) is 17.7 Å². The third kappa shape index (κ3) is 2.82. The first kappa shape index (κ1) is 14.6. The highest BCUT2D eigenvalue weighted by Crippen LogP contribution is 2.24. The van der Waals surface area contributed by atoms with Crippen LogP contribution in [0.5, 0.6) is 0 Å². The van der Waals surface area contributed by atoms with Gasteiger partial charge in [-0.3, -0.25) is 4.79 Å². The predicted octanol–water partition coefficient (Wildman–Crippen LogP) is 3.85. The average Bonchev–Trinajstić information content (AvgIpc) is 3.16. The lowest BCUT2D eigenvalue weighted by Crippen LogP contribution is -2.48. The van der Waals surface area contributed by atoms with Crippen molar-refractivity contribution in [2.24, 2.45) is 0 Å². The summed E-state index contributed by atoms with van der Waals surface area (Å²) in [5.41, 5.74) is 2.84. The molecule has 0 aliphatic carbocycles. The molecule has 23 heavy (non-hydrogen) atoms. The van der Waals surface area contributed by atoms with Crippen molar-refractivity contribution in [3.63, 3.8) is 0 Å². The standard InChI is InChI=1S/C17H16ClN3OS/c18-12-2-1-3-13(10-12)20-5-7-21(8-6-20)17(22)15-11-16-14(19-15)4-9-23-16/h1-4,9-11,19H,5-8H2. The highest BCUT2D eigenvalue weighted by molar-refractivity contribution is 7.17. The fraction of sp³-hybridized carbons (Fsp3) is 0.235. The molecule has 4 nitrogen and oxygen atoms in total. The molecule has 2 aromatic heterocycles. The normalized spacial score (nSPS) is 15.3. The van der Waals surface area contributed by atoms with Crippen LogP contribution in [0, 0.1) is 0 Å². The number of nitrogens with zero attached hydrogens (tertiary/aromatic N) is 2. The SMILES string of the molecule is O=C(c1cc2sccc2[nH]1)N1CCN(c2cccc(Cl)c2)CC1. The van der Waals surface area contributed by atoms with E-state index in [0.29, 0.717) is 5.69 Å². The maximum absolute atomic E-state index is 12.6. The van der Waals surface area contributed by atoms with Gasteiger partial charge in [-0.25, -0.2) is 0 Å². The van der Waals surface area contributed by atoms with E-state index in [1.165, 1.54) is 0 Å². The van der Waals surface area contributed by atoms with Gasteiger partial charge < -0.3 is 14.8 Å². The van der Waals surface area contributed by atoms with Crippen LogP contribution in [0.3, 0.4) is 0 Å². The van der Waals surface area contributed by atoms with E-state index in [9.17, 15) is 4.79 Å². The van der Waals surface area contributed by atoms with E-state index < -0.39 is 0 Å². The molecule has 1 amide bonds. The van der Waals surface area contributed by atoms with Crippen LogP contribution in [0.1, 0.15) is 10.5 Å². The van der Waals surface area contributed by atoms with Gasteiger partial charge in [-0.15, -0.1) is 11.3 Å². The van der Waals surface area contributed by atoms with E-state index in [2.05, 4.69) is 16.0 Å². The van der Waals surface area contributed by atoms with Gasteiger partial charge in [0.15, 0.2) is 0 Å². The predicted molar refractivity (Wildman–Crippen MR) is 95.7 cm³/mol. The Morgan fingerprint density at radius 2 is 1.96 bits per heavy atom. The number of thiophene rings is 1. The van der Waals surface area contributed by atoms with Crippen LogP contribution in [0.2, 0.25) is 5.02 Å². The molecule has 1 aliphatic heterocycles. The van der Waals surface area contributed by atoms with Crippen LogP contribution in [-0.4, -0.2) is 42.0 Å². The first-order chi connectivity index (χ1) is 11.2. The largest absolute Gasteiger partial charge is 0.368 e. The molecule has 0 spiro atoms. The van der Waals surface area contributed by atoms with Crippen LogP contribution in [-0.2, 0) is 0 Å². The lowest BCUT2D eigenvalue weighted by molar-refractivity contribution is 0.0742. The van der Waals surface area contributed by atoms with Crippen molar-refractivity contribution >= 4 is 44.7 Å². The second kappa shape index (κ2) is 5.91. The summed E-state index contributed by atoms with van der Waals surface area (Å²) in [5.74, 6) is 0.0825. The summed E-state index contributed by atoms with van der Waals surface area (Å²) < 4.78 is 1.13. The number of H-pyrrole nitrogens is 1. The minimum Gasteiger partial charge on any atom is -0.368 e. The molecule has 0 atom stereocenters. The molecule has 0 bridgehead atoms. The van der Waals surface area contributed by atoms with E-state index in [-0.39, 0.29) is 5.91 Å². The topological polar surface area (TPSA) is 39.3 Å². The molecule has 1 N–H and O–H groups in total. The van der Waals surface area contributed by atoms with Gasteiger partial charge in [0, 0.05) is 36.9 Å². The van der Waals surface area contributed by atoms with Gasteiger partial charge in [0.05, 0.1) is 10.2 Å². The first-order valence-electron chi connectivity index (χ1n) is 7.57. The summed E-state index contributed by atoms with van der Waals surface area (Å²) in [5, 5.41) is 2.77. The van der Waals surface area contributed by atoms with Gasteiger partial charge in [0.1, 0.15) is 5.69 Å². The number of nitrogens with one attached hydrogen (secondary N) is 1. The number of fused-ring (bicyclic) bond motifs is 1. The Balaban J connectivity index is 1.44. The Morgan fingerprint density at radius 1 is 1.13 bits per heavy atom. The van der Waals surface area contributed by atoms with Crippen molar-refractivity contribution in [2.75, 3.05) is 31.1 Å². The lowest BCUT2D eigenvalue weighted by Gasteiger charge is -2.36. The second-order valence-corrected chi connectivity index (χ2v) is 7.02. The Kier molecular flexibility index (Phi) is 3.75. The number of amides is 1. The van der Waals surface area contributed by atoms with Crippen molar-refractivity contribution in [1.82, 2.24) is 9.88 Å². The number of carbonyl (C=O) groups excluding carboxylic acids is 1. The number of halogens is 1. The van der Waals surface area contributed by atoms with Crippen molar-refractivity contribution < 1.29 is 4.79 Å². The quantitative estimate of drug-likeness (QED) is 0.766. The fourth-order valence-electron chi connectivity index (χ4n) is 2.97. The highest BCUT2D eigenvalue weighted by atomic mass is 35.5.